The first kappa shape index (κ1) is 13.9. The molecule has 6 heteroatoms. The normalized spacial score (nSPS) is 10.8. The summed E-state index contributed by atoms with van der Waals surface area (Å²) in [5, 5.41) is 9.44. The molecule has 1 heterocycles. The quantitative estimate of drug-likeness (QED) is 0.747. The molecular formula is C11H17N3O2S. The smallest absolute Gasteiger partial charge is 0.356 e. The molecule has 1 aromatic rings. The lowest BCUT2D eigenvalue weighted by molar-refractivity contribution is 0.0689. The van der Waals surface area contributed by atoms with Gasteiger partial charge in [-0.05, 0) is 13.1 Å². The van der Waals surface area contributed by atoms with Crippen LogP contribution in [0.15, 0.2) is 17.4 Å². The molecular weight excluding hydrogens is 238 g/mol. The van der Waals surface area contributed by atoms with E-state index in [1.807, 2.05) is 0 Å². The van der Waals surface area contributed by atoms with Crippen molar-refractivity contribution in [3.63, 3.8) is 0 Å². The maximum Gasteiger partial charge on any atom is 0.356 e. The average Bonchev–Trinajstić information content (AvgIpc) is 2.35. The summed E-state index contributed by atoms with van der Waals surface area (Å²) >= 11 is 1.59. The number of carboxylic acids is 1. The summed E-state index contributed by atoms with van der Waals surface area (Å²) < 4.78 is 0. The van der Waals surface area contributed by atoms with Crippen LogP contribution in [0.4, 0.5) is 0 Å². The Morgan fingerprint density at radius 2 is 2.06 bits per heavy atom. The van der Waals surface area contributed by atoms with Gasteiger partial charge in [0, 0.05) is 12.3 Å². The Morgan fingerprint density at radius 3 is 2.53 bits per heavy atom. The summed E-state index contributed by atoms with van der Waals surface area (Å²) in [4.78, 5) is 20.8. The topological polar surface area (TPSA) is 66.3 Å². The van der Waals surface area contributed by atoms with E-state index in [0.717, 1.165) is 30.4 Å². The van der Waals surface area contributed by atoms with Crippen LogP contribution in [0.2, 0.25) is 0 Å². The molecule has 5 nitrogen and oxygen atoms in total. The minimum atomic E-state index is -1.04. The van der Waals surface area contributed by atoms with E-state index < -0.39 is 5.97 Å². The monoisotopic (exact) mass is 255 g/mol. The molecule has 0 radical (unpaired) electrons. The summed E-state index contributed by atoms with van der Waals surface area (Å²) in [6.07, 6.45) is 2.80. The van der Waals surface area contributed by atoms with Crippen LogP contribution in [0.3, 0.4) is 0 Å². The first-order valence-corrected chi connectivity index (χ1v) is 6.56. The number of carboxylic acid groups (broad SMARTS) is 1. The van der Waals surface area contributed by atoms with Gasteiger partial charge < -0.3 is 10.0 Å². The predicted octanol–water partition coefficient (Wildman–Crippen LogP) is 1.61. The van der Waals surface area contributed by atoms with Crippen LogP contribution >= 0.6 is 11.8 Å². The number of thioether (sulfide) groups is 1. The molecule has 0 aliphatic rings. The standard InChI is InChI=1S/C11H17N3O2S/c1-3-14(4-2)5-6-17-10-8-12-9(7-13-10)11(15)16/h7-8H,3-6H2,1-2H3,(H,15,16). The first-order valence-electron chi connectivity index (χ1n) is 5.57. The number of nitrogens with zero attached hydrogens (tertiary/aromatic N) is 3. The van der Waals surface area contributed by atoms with Crippen molar-refractivity contribution in [2.24, 2.45) is 0 Å². The number of rotatable bonds is 7. The molecule has 17 heavy (non-hydrogen) atoms. The fourth-order valence-corrected chi connectivity index (χ4v) is 2.13. The van der Waals surface area contributed by atoms with E-state index in [4.69, 9.17) is 5.11 Å². The van der Waals surface area contributed by atoms with Crippen LogP contribution in [-0.4, -0.2) is 51.3 Å². The van der Waals surface area contributed by atoms with Gasteiger partial charge in [-0.2, -0.15) is 0 Å². The molecule has 0 aromatic carbocycles. The average molecular weight is 255 g/mol. The third-order valence-electron chi connectivity index (χ3n) is 2.40. The zero-order valence-electron chi connectivity index (χ0n) is 10.1. The fraction of sp³-hybridized carbons (Fsp3) is 0.545. The molecule has 0 amide bonds. The van der Waals surface area contributed by atoms with Crippen LogP contribution in [0, 0.1) is 0 Å². The molecule has 0 unspecified atom stereocenters. The summed E-state index contributed by atoms with van der Waals surface area (Å²) in [5.74, 6) is -0.111. The Labute approximate surface area is 105 Å². The van der Waals surface area contributed by atoms with Crippen LogP contribution < -0.4 is 0 Å². The molecule has 0 aliphatic heterocycles. The zero-order chi connectivity index (χ0) is 12.7. The van der Waals surface area contributed by atoms with E-state index in [9.17, 15) is 4.79 Å². The maximum atomic E-state index is 10.6. The van der Waals surface area contributed by atoms with E-state index in [-0.39, 0.29) is 5.69 Å². The van der Waals surface area contributed by atoms with Crippen molar-refractivity contribution < 1.29 is 9.90 Å². The number of aromatic nitrogens is 2. The van der Waals surface area contributed by atoms with Gasteiger partial charge in [-0.15, -0.1) is 11.8 Å². The van der Waals surface area contributed by atoms with E-state index >= 15 is 0 Å². The molecule has 0 atom stereocenters. The molecule has 0 spiro atoms. The molecule has 0 aliphatic carbocycles. The number of hydrogen-bond acceptors (Lipinski definition) is 5. The summed E-state index contributed by atoms with van der Waals surface area (Å²) in [5.41, 5.74) is -0.0157. The maximum absolute atomic E-state index is 10.6. The van der Waals surface area contributed by atoms with Gasteiger partial charge in [0.2, 0.25) is 0 Å². The second-order valence-electron chi connectivity index (χ2n) is 3.42. The highest BCUT2D eigenvalue weighted by molar-refractivity contribution is 7.99. The van der Waals surface area contributed by atoms with Gasteiger partial charge in [0.25, 0.3) is 0 Å². The lowest BCUT2D eigenvalue weighted by Crippen LogP contribution is -2.25. The number of carbonyl (C=O) groups is 1. The van der Waals surface area contributed by atoms with Crippen molar-refractivity contribution in [2.45, 2.75) is 18.9 Å². The molecule has 1 rings (SSSR count). The van der Waals surface area contributed by atoms with Crippen LogP contribution in [0.25, 0.3) is 0 Å². The van der Waals surface area contributed by atoms with Crippen LogP contribution in [0.5, 0.6) is 0 Å². The lowest BCUT2D eigenvalue weighted by Gasteiger charge is -2.16. The Kier molecular flexibility index (Phi) is 5.93. The minimum Gasteiger partial charge on any atom is -0.476 e. The zero-order valence-corrected chi connectivity index (χ0v) is 10.9. The molecule has 94 valence electrons. The van der Waals surface area contributed by atoms with Gasteiger partial charge >= 0.3 is 5.97 Å². The largest absolute Gasteiger partial charge is 0.476 e. The highest BCUT2D eigenvalue weighted by Crippen LogP contribution is 2.13. The van der Waals surface area contributed by atoms with Gasteiger partial charge in [-0.1, -0.05) is 13.8 Å². The van der Waals surface area contributed by atoms with Crippen molar-refractivity contribution in [3.8, 4) is 0 Å². The SMILES string of the molecule is CCN(CC)CCSc1cnc(C(=O)O)cn1. The predicted molar refractivity (Wildman–Crippen MR) is 67.5 cm³/mol. The fourth-order valence-electron chi connectivity index (χ4n) is 1.32. The van der Waals surface area contributed by atoms with E-state index in [1.165, 1.54) is 12.4 Å². The van der Waals surface area contributed by atoms with Gasteiger partial charge in [-0.25, -0.2) is 14.8 Å². The highest BCUT2D eigenvalue weighted by atomic mass is 32.2. The van der Waals surface area contributed by atoms with Gasteiger partial charge in [0.05, 0.1) is 12.4 Å². The molecule has 0 saturated carbocycles. The van der Waals surface area contributed by atoms with Crippen molar-refractivity contribution in [1.29, 1.82) is 0 Å². The molecule has 0 fully saturated rings. The third-order valence-corrected chi connectivity index (χ3v) is 3.29. The number of aromatic carboxylic acids is 1. The molecule has 1 N–H and O–H groups in total. The highest BCUT2D eigenvalue weighted by Gasteiger charge is 2.05. The Bertz CT molecular complexity index is 352. The van der Waals surface area contributed by atoms with E-state index in [1.54, 1.807) is 11.8 Å². The van der Waals surface area contributed by atoms with Gasteiger partial charge in [0.15, 0.2) is 5.69 Å². The molecule has 1 aromatic heterocycles. The summed E-state index contributed by atoms with van der Waals surface area (Å²) in [6, 6.07) is 0. The lowest BCUT2D eigenvalue weighted by atomic mass is 10.5. The summed E-state index contributed by atoms with van der Waals surface area (Å²) in [7, 11) is 0. The van der Waals surface area contributed by atoms with E-state index in [0.29, 0.717) is 0 Å². The summed E-state index contributed by atoms with van der Waals surface area (Å²) in [6.45, 7) is 7.35. The molecule has 0 saturated heterocycles. The Balaban J connectivity index is 2.39. The van der Waals surface area contributed by atoms with Gasteiger partial charge in [0.1, 0.15) is 5.03 Å². The second kappa shape index (κ2) is 7.24. The van der Waals surface area contributed by atoms with Crippen molar-refractivity contribution in [1.82, 2.24) is 14.9 Å². The Morgan fingerprint density at radius 1 is 1.35 bits per heavy atom. The van der Waals surface area contributed by atoms with Crippen LogP contribution in [0.1, 0.15) is 24.3 Å². The third kappa shape index (κ3) is 4.70. The van der Waals surface area contributed by atoms with Crippen molar-refractivity contribution in [2.75, 3.05) is 25.4 Å². The van der Waals surface area contributed by atoms with Crippen molar-refractivity contribution in [3.05, 3.63) is 18.1 Å². The minimum absolute atomic E-state index is 0.0157. The van der Waals surface area contributed by atoms with Gasteiger partial charge in [-0.3, -0.25) is 0 Å². The van der Waals surface area contributed by atoms with E-state index in [2.05, 4.69) is 28.7 Å². The second-order valence-corrected chi connectivity index (χ2v) is 4.54. The Hall–Kier alpha value is -1.14. The molecule has 0 bridgehead atoms. The van der Waals surface area contributed by atoms with Crippen LogP contribution in [-0.2, 0) is 0 Å². The van der Waals surface area contributed by atoms with Crippen molar-refractivity contribution >= 4 is 17.7 Å². The number of hydrogen-bond donors (Lipinski definition) is 1. The first-order chi connectivity index (χ1) is 8.17.